The Labute approximate surface area is 165 Å². The zero-order valence-electron chi connectivity index (χ0n) is 15.0. The van der Waals surface area contributed by atoms with Gasteiger partial charge in [0.05, 0.1) is 24.6 Å². The number of nitrogens with one attached hydrogen (secondary N) is 2. The second-order valence-corrected chi connectivity index (χ2v) is 8.72. The van der Waals surface area contributed by atoms with Crippen molar-refractivity contribution in [3.05, 3.63) is 29.6 Å². The molecule has 2 aliphatic rings. The van der Waals surface area contributed by atoms with Crippen LogP contribution in [0.3, 0.4) is 0 Å². The van der Waals surface area contributed by atoms with Crippen molar-refractivity contribution in [2.75, 3.05) is 13.2 Å². The van der Waals surface area contributed by atoms with Crippen molar-refractivity contribution in [3.8, 4) is 0 Å². The number of hydrogen-bond donors (Lipinski definition) is 2. The van der Waals surface area contributed by atoms with Gasteiger partial charge >= 0.3 is 33.2 Å². The van der Waals surface area contributed by atoms with Crippen LogP contribution in [0.5, 0.6) is 0 Å². The Morgan fingerprint density at radius 2 is 1.36 bits per heavy atom. The number of pyridine rings is 1. The number of aromatic nitrogens is 1. The number of nitrogens with zero attached hydrogens (tertiary/aromatic N) is 1. The van der Waals surface area contributed by atoms with Crippen LogP contribution in [0.15, 0.2) is 18.2 Å². The Balaban J connectivity index is 0.000000701. The minimum absolute atomic E-state index is 0.116. The average molecular weight is 435 g/mol. The van der Waals surface area contributed by atoms with E-state index in [-0.39, 0.29) is 12.5 Å². The number of hydrogen-bond acceptors (Lipinski definition) is 5. The van der Waals surface area contributed by atoms with Crippen LogP contribution in [0.1, 0.15) is 51.5 Å². The molecule has 2 saturated heterocycles. The molecule has 3 heterocycles. The molecular formula is C17H27Cl2CoN3O2. The standard InChI is InChI=1S/C17H27N3O2.2ClH.Co/c1-10(2)14-8-21-16(19-14)12-6-5-7-13(18-12)17-20-15(9-22-17)11(3)4;;;/h5-7,10-11,14-17,19-20H,8-9H2,1-4H3;2*1H;/q;;;+2/p-2/t14-,15-,16?,17?;;;/m1.../s1. The monoisotopic (exact) mass is 434 g/mol. The molecule has 0 aromatic carbocycles. The van der Waals surface area contributed by atoms with E-state index in [4.69, 9.17) is 34.8 Å². The van der Waals surface area contributed by atoms with Crippen molar-refractivity contribution in [2.24, 2.45) is 11.8 Å². The summed E-state index contributed by atoms with van der Waals surface area (Å²) >= 11 is 0.382. The molecule has 2 N–H and O–H groups in total. The van der Waals surface area contributed by atoms with Gasteiger partial charge in [0.15, 0.2) is 12.5 Å². The van der Waals surface area contributed by atoms with Gasteiger partial charge in [0.25, 0.3) is 0 Å². The first kappa shape index (κ1) is 21.4. The van der Waals surface area contributed by atoms with E-state index in [2.05, 4.69) is 38.3 Å². The molecule has 4 atom stereocenters. The van der Waals surface area contributed by atoms with Gasteiger partial charge in [-0.1, -0.05) is 33.8 Å². The van der Waals surface area contributed by atoms with Gasteiger partial charge in [-0.05, 0) is 24.0 Å². The third-order valence-corrected chi connectivity index (χ3v) is 4.55. The van der Waals surface area contributed by atoms with Crippen LogP contribution in [0.2, 0.25) is 0 Å². The summed E-state index contributed by atoms with van der Waals surface area (Å²) in [5.74, 6) is 1.11. The van der Waals surface area contributed by atoms with Gasteiger partial charge in [0.1, 0.15) is 0 Å². The molecule has 25 heavy (non-hydrogen) atoms. The van der Waals surface area contributed by atoms with E-state index in [1.807, 2.05) is 18.2 Å². The van der Waals surface area contributed by atoms with Crippen LogP contribution < -0.4 is 10.6 Å². The van der Waals surface area contributed by atoms with Gasteiger partial charge in [-0.25, -0.2) is 4.98 Å². The summed E-state index contributed by atoms with van der Waals surface area (Å²) in [6.45, 7) is 10.3. The summed E-state index contributed by atoms with van der Waals surface area (Å²) < 4.78 is 11.7. The van der Waals surface area contributed by atoms with E-state index in [9.17, 15) is 0 Å². The predicted octanol–water partition coefficient (Wildman–Crippen LogP) is 3.74. The predicted molar refractivity (Wildman–Crippen MR) is 96.9 cm³/mol. The molecule has 1 aromatic rings. The molecular weight excluding hydrogens is 408 g/mol. The zero-order chi connectivity index (χ0) is 18.4. The number of rotatable bonds is 4. The Hall–Kier alpha value is 0.0765. The molecule has 0 saturated carbocycles. The number of ether oxygens (including phenoxy) is 2. The zero-order valence-corrected chi connectivity index (χ0v) is 17.5. The Morgan fingerprint density at radius 1 is 0.960 bits per heavy atom. The fraction of sp³-hybridized carbons (Fsp3) is 0.706. The molecule has 2 unspecified atom stereocenters. The van der Waals surface area contributed by atoms with E-state index in [0.717, 1.165) is 24.6 Å². The molecule has 8 heteroatoms. The topological polar surface area (TPSA) is 55.4 Å². The summed E-state index contributed by atoms with van der Waals surface area (Å²) in [6.07, 6.45) is -0.232. The van der Waals surface area contributed by atoms with Gasteiger partial charge in [-0.3, -0.25) is 10.6 Å². The van der Waals surface area contributed by atoms with E-state index < -0.39 is 0 Å². The molecule has 2 fully saturated rings. The first-order valence-corrected chi connectivity index (χ1v) is 11.4. The van der Waals surface area contributed by atoms with Crippen LogP contribution in [0.25, 0.3) is 0 Å². The van der Waals surface area contributed by atoms with Crippen molar-refractivity contribution in [3.63, 3.8) is 0 Å². The fourth-order valence-corrected chi connectivity index (χ4v) is 2.85. The minimum atomic E-state index is -0.116. The van der Waals surface area contributed by atoms with Crippen LogP contribution in [0, 0.1) is 11.8 Å². The summed E-state index contributed by atoms with van der Waals surface area (Å²) in [6, 6.07) is 6.83. The van der Waals surface area contributed by atoms with Gasteiger partial charge in [0, 0.05) is 12.1 Å². The molecule has 0 radical (unpaired) electrons. The van der Waals surface area contributed by atoms with Crippen LogP contribution in [-0.4, -0.2) is 30.3 Å². The maximum absolute atomic E-state index is 5.86. The summed E-state index contributed by atoms with van der Waals surface area (Å²) in [5.41, 5.74) is 1.86. The van der Waals surface area contributed by atoms with Crippen molar-refractivity contribution < 1.29 is 22.4 Å². The molecule has 0 spiro atoms. The molecule has 0 aliphatic carbocycles. The Kier molecular flexibility index (Phi) is 8.91. The third kappa shape index (κ3) is 6.04. The van der Waals surface area contributed by atoms with E-state index in [1.165, 1.54) is 0 Å². The molecule has 0 amide bonds. The van der Waals surface area contributed by atoms with Gasteiger partial charge < -0.3 is 9.47 Å². The fourth-order valence-electron chi connectivity index (χ4n) is 2.85. The van der Waals surface area contributed by atoms with Crippen LogP contribution >= 0.6 is 20.3 Å². The summed E-state index contributed by atoms with van der Waals surface area (Å²) in [4.78, 5) is 4.75. The third-order valence-electron chi connectivity index (χ3n) is 4.55. The second-order valence-electron chi connectivity index (χ2n) is 7.00. The second kappa shape index (κ2) is 10.4. The van der Waals surface area contributed by atoms with Crippen molar-refractivity contribution in [1.29, 1.82) is 0 Å². The molecule has 145 valence electrons. The molecule has 1 aromatic heterocycles. The average Bonchev–Trinajstić information content (AvgIpc) is 3.26. The van der Waals surface area contributed by atoms with Crippen molar-refractivity contribution in [2.45, 2.75) is 52.2 Å². The maximum atomic E-state index is 5.86. The molecule has 5 nitrogen and oxygen atoms in total. The normalized spacial score (nSPS) is 29.3. The Morgan fingerprint density at radius 3 is 1.68 bits per heavy atom. The first-order chi connectivity index (χ1) is 12.0. The molecule has 2 aliphatic heterocycles. The van der Waals surface area contributed by atoms with Crippen LogP contribution in [-0.2, 0) is 22.4 Å². The van der Waals surface area contributed by atoms with Gasteiger partial charge in [-0.15, -0.1) is 0 Å². The van der Waals surface area contributed by atoms with Crippen LogP contribution in [0.4, 0.5) is 0 Å². The van der Waals surface area contributed by atoms with Crippen molar-refractivity contribution >= 4 is 20.3 Å². The van der Waals surface area contributed by atoms with Gasteiger partial charge in [0.2, 0.25) is 0 Å². The van der Waals surface area contributed by atoms with Gasteiger partial charge in [-0.2, -0.15) is 0 Å². The number of halogens is 2. The first-order valence-electron chi connectivity index (χ1n) is 8.52. The Bertz CT molecular complexity index is 495. The SMILES string of the molecule is CC(C)[C@H]1COC(c2cccc(C3N[C@@H](C(C)C)CO3)n2)N1.[Cl][Co][Cl]. The molecule has 3 rings (SSSR count). The summed E-state index contributed by atoms with van der Waals surface area (Å²) in [7, 11) is 9.47. The van der Waals surface area contributed by atoms with E-state index >= 15 is 0 Å². The summed E-state index contributed by atoms with van der Waals surface area (Å²) in [5, 5.41) is 7.01. The van der Waals surface area contributed by atoms with E-state index in [1.54, 1.807) is 0 Å². The molecule has 0 bridgehead atoms. The van der Waals surface area contributed by atoms with Crippen molar-refractivity contribution in [1.82, 2.24) is 15.6 Å². The van der Waals surface area contributed by atoms with E-state index in [0.29, 0.717) is 36.8 Å². The quantitative estimate of drug-likeness (QED) is 0.755.